The number of aliphatic carboxylic acids is 1. The Kier molecular flexibility index (Phi) is 3.65. The number of amides is 2. The Labute approximate surface area is 115 Å². The van der Waals surface area contributed by atoms with Gasteiger partial charge in [-0.1, -0.05) is 19.1 Å². The first-order chi connectivity index (χ1) is 9.47. The highest BCUT2D eigenvalue weighted by molar-refractivity contribution is 6.23. The van der Waals surface area contributed by atoms with Crippen molar-refractivity contribution in [3.8, 4) is 0 Å². The third-order valence-electron chi connectivity index (χ3n) is 3.22. The Morgan fingerprint density at radius 3 is 2.05 bits per heavy atom. The third-order valence-corrected chi connectivity index (χ3v) is 3.22. The van der Waals surface area contributed by atoms with Gasteiger partial charge in [0.25, 0.3) is 11.8 Å². The van der Waals surface area contributed by atoms with Crippen molar-refractivity contribution < 1.29 is 24.3 Å². The number of carbonyl (C=O) groups excluding carboxylic acids is 3. The van der Waals surface area contributed by atoms with Crippen molar-refractivity contribution in [3.05, 3.63) is 35.4 Å². The predicted octanol–water partition coefficient (Wildman–Crippen LogP) is 1.11. The molecule has 1 N–H and O–H groups in total. The number of ketones is 1. The number of hydrogen-bond acceptors (Lipinski definition) is 4. The van der Waals surface area contributed by atoms with E-state index in [1.807, 2.05) is 0 Å². The molecule has 1 atom stereocenters. The number of fused-ring (bicyclic) bond motifs is 1. The summed E-state index contributed by atoms with van der Waals surface area (Å²) in [5.74, 6) is -3.01. The lowest BCUT2D eigenvalue weighted by atomic mass is 10.1. The molecule has 104 valence electrons. The van der Waals surface area contributed by atoms with Gasteiger partial charge in [0.05, 0.1) is 17.2 Å². The van der Waals surface area contributed by atoms with Gasteiger partial charge >= 0.3 is 5.97 Å². The van der Waals surface area contributed by atoms with E-state index in [-0.39, 0.29) is 17.5 Å². The third kappa shape index (κ3) is 2.20. The van der Waals surface area contributed by atoms with Crippen molar-refractivity contribution >= 4 is 23.6 Å². The van der Waals surface area contributed by atoms with Crippen LogP contribution in [0.1, 0.15) is 40.5 Å². The zero-order valence-electron chi connectivity index (χ0n) is 10.8. The van der Waals surface area contributed by atoms with Crippen LogP contribution < -0.4 is 0 Å². The maximum atomic E-state index is 12.2. The van der Waals surface area contributed by atoms with Gasteiger partial charge in [-0.2, -0.15) is 0 Å². The van der Waals surface area contributed by atoms with Crippen molar-refractivity contribution in [2.24, 2.45) is 0 Å². The molecule has 6 heteroatoms. The van der Waals surface area contributed by atoms with E-state index < -0.39 is 36.0 Å². The van der Waals surface area contributed by atoms with Crippen LogP contribution in [0.4, 0.5) is 0 Å². The number of rotatable bonds is 5. The van der Waals surface area contributed by atoms with Crippen molar-refractivity contribution in [1.29, 1.82) is 0 Å². The van der Waals surface area contributed by atoms with E-state index in [2.05, 4.69) is 0 Å². The minimum absolute atomic E-state index is 0.192. The molecule has 2 amide bonds. The molecule has 0 aromatic heterocycles. The van der Waals surface area contributed by atoms with Gasteiger partial charge < -0.3 is 5.11 Å². The Morgan fingerprint density at radius 2 is 1.65 bits per heavy atom. The molecule has 20 heavy (non-hydrogen) atoms. The van der Waals surface area contributed by atoms with E-state index in [1.54, 1.807) is 19.1 Å². The number of imide groups is 1. The molecular weight excluding hydrogens is 262 g/mol. The normalized spacial score (nSPS) is 15.2. The second-order valence-corrected chi connectivity index (χ2v) is 4.49. The Hall–Kier alpha value is -2.50. The van der Waals surface area contributed by atoms with Crippen molar-refractivity contribution in [2.75, 3.05) is 0 Å². The second-order valence-electron chi connectivity index (χ2n) is 4.49. The lowest BCUT2D eigenvalue weighted by molar-refractivity contribution is -0.141. The summed E-state index contributed by atoms with van der Waals surface area (Å²) in [6.07, 6.45) is -0.510. The monoisotopic (exact) mass is 275 g/mol. The Bertz CT molecular complexity index is 572. The van der Waals surface area contributed by atoms with Crippen molar-refractivity contribution in [1.82, 2.24) is 4.90 Å². The number of carboxylic acid groups (broad SMARTS) is 1. The predicted molar refractivity (Wildman–Crippen MR) is 68.3 cm³/mol. The minimum atomic E-state index is -1.27. The van der Waals surface area contributed by atoms with Crippen LogP contribution in [-0.2, 0) is 9.59 Å². The van der Waals surface area contributed by atoms with E-state index in [4.69, 9.17) is 5.11 Å². The summed E-state index contributed by atoms with van der Waals surface area (Å²) in [5.41, 5.74) is 0.498. The number of nitrogens with zero attached hydrogens (tertiary/aromatic N) is 1. The van der Waals surface area contributed by atoms with E-state index >= 15 is 0 Å². The van der Waals surface area contributed by atoms with E-state index in [0.717, 1.165) is 4.90 Å². The van der Waals surface area contributed by atoms with Crippen LogP contribution in [0.2, 0.25) is 0 Å². The summed E-state index contributed by atoms with van der Waals surface area (Å²) >= 11 is 0. The average Bonchev–Trinajstić information content (AvgIpc) is 2.65. The minimum Gasteiger partial charge on any atom is -0.481 e. The molecule has 6 nitrogen and oxygen atoms in total. The largest absolute Gasteiger partial charge is 0.481 e. The molecule has 0 fully saturated rings. The topological polar surface area (TPSA) is 91.8 Å². The molecule has 0 radical (unpaired) electrons. The molecule has 1 aromatic rings. The highest BCUT2D eigenvalue weighted by Gasteiger charge is 2.41. The van der Waals surface area contributed by atoms with Crippen LogP contribution in [-0.4, -0.2) is 39.6 Å². The number of carboxylic acids is 1. The van der Waals surface area contributed by atoms with Gasteiger partial charge in [0, 0.05) is 0 Å². The van der Waals surface area contributed by atoms with E-state index in [0.29, 0.717) is 0 Å². The van der Waals surface area contributed by atoms with Gasteiger partial charge in [-0.25, -0.2) is 0 Å². The molecule has 0 saturated carbocycles. The van der Waals surface area contributed by atoms with Crippen LogP contribution in [0.25, 0.3) is 0 Å². The average molecular weight is 275 g/mol. The quantitative estimate of drug-likeness (QED) is 0.642. The molecule has 1 aromatic carbocycles. The molecule has 1 aliphatic rings. The van der Waals surface area contributed by atoms with Crippen molar-refractivity contribution in [2.45, 2.75) is 25.8 Å². The number of carbonyl (C=O) groups is 4. The summed E-state index contributed by atoms with van der Waals surface area (Å²) in [7, 11) is 0. The zero-order valence-corrected chi connectivity index (χ0v) is 10.8. The highest BCUT2D eigenvalue weighted by Crippen LogP contribution is 2.26. The molecule has 1 heterocycles. The van der Waals surface area contributed by atoms with Crippen molar-refractivity contribution in [3.63, 3.8) is 0 Å². The summed E-state index contributed by atoms with van der Waals surface area (Å²) in [6.45, 7) is 1.63. The van der Waals surface area contributed by atoms with Gasteiger partial charge in [0.1, 0.15) is 6.42 Å². The van der Waals surface area contributed by atoms with Gasteiger partial charge in [-0.15, -0.1) is 0 Å². The molecular formula is C14H13NO5. The summed E-state index contributed by atoms with van der Waals surface area (Å²) < 4.78 is 0. The maximum Gasteiger partial charge on any atom is 0.310 e. The van der Waals surface area contributed by atoms with Gasteiger partial charge in [0.2, 0.25) is 0 Å². The van der Waals surface area contributed by atoms with E-state index in [9.17, 15) is 19.2 Å². The fourth-order valence-corrected chi connectivity index (χ4v) is 2.31. The fraction of sp³-hybridized carbons (Fsp3) is 0.286. The Morgan fingerprint density at radius 1 is 1.15 bits per heavy atom. The lowest BCUT2D eigenvalue weighted by Crippen LogP contribution is -2.45. The number of benzene rings is 1. The summed E-state index contributed by atoms with van der Waals surface area (Å²) in [4.78, 5) is 47.8. The van der Waals surface area contributed by atoms with Gasteiger partial charge in [-0.05, 0) is 18.6 Å². The van der Waals surface area contributed by atoms with Crippen LogP contribution in [0.5, 0.6) is 0 Å². The maximum absolute atomic E-state index is 12.2. The number of Topliss-reactive ketones (excluding diaryl/α,β-unsaturated/α-hetero) is 1. The fourth-order valence-electron chi connectivity index (χ4n) is 2.31. The molecule has 1 unspecified atom stereocenters. The molecule has 0 saturated heterocycles. The van der Waals surface area contributed by atoms with Crippen LogP contribution in [0, 0.1) is 0 Å². The highest BCUT2D eigenvalue weighted by atomic mass is 16.4. The second kappa shape index (κ2) is 5.24. The first kappa shape index (κ1) is 13.9. The molecule has 2 rings (SSSR count). The van der Waals surface area contributed by atoms with Gasteiger partial charge in [0.15, 0.2) is 5.78 Å². The molecule has 1 aliphatic heterocycles. The SMILES string of the molecule is CCC(C(=O)CC(=O)O)N1C(=O)c2ccccc2C1=O. The summed E-state index contributed by atoms with van der Waals surface area (Å²) in [6, 6.07) is 5.27. The molecule has 0 spiro atoms. The smallest absolute Gasteiger partial charge is 0.310 e. The number of hydrogen-bond donors (Lipinski definition) is 1. The van der Waals surface area contributed by atoms with Crippen LogP contribution >= 0.6 is 0 Å². The lowest BCUT2D eigenvalue weighted by Gasteiger charge is -2.23. The molecule has 0 bridgehead atoms. The van der Waals surface area contributed by atoms with Gasteiger partial charge in [-0.3, -0.25) is 24.1 Å². The molecule has 0 aliphatic carbocycles. The van der Waals surface area contributed by atoms with Crippen LogP contribution in [0.15, 0.2) is 24.3 Å². The standard InChI is InChI=1S/C14H13NO5/c1-2-10(11(16)7-12(17)18)15-13(19)8-5-3-4-6-9(8)14(15)20/h3-6,10H,2,7H2,1H3,(H,17,18). The first-order valence-electron chi connectivity index (χ1n) is 6.18. The summed E-state index contributed by atoms with van der Waals surface area (Å²) in [5, 5.41) is 8.67. The zero-order chi connectivity index (χ0) is 14.9. The van der Waals surface area contributed by atoms with E-state index in [1.165, 1.54) is 12.1 Å². The first-order valence-corrected chi connectivity index (χ1v) is 6.18. The Balaban J connectivity index is 2.34. The van der Waals surface area contributed by atoms with Crippen LogP contribution in [0.3, 0.4) is 0 Å².